The number of benzene rings is 3. The van der Waals surface area contributed by atoms with Crippen molar-refractivity contribution in [1.82, 2.24) is 5.32 Å². The number of sulfonamides is 1. The monoisotopic (exact) mass is 520 g/mol. The molecule has 1 amide bonds. The van der Waals surface area contributed by atoms with Gasteiger partial charge in [0.1, 0.15) is 18.9 Å². The lowest BCUT2D eigenvalue weighted by Crippen LogP contribution is -2.42. The summed E-state index contributed by atoms with van der Waals surface area (Å²) < 4.78 is 72.8. The molecule has 1 N–H and O–H groups in total. The number of hydrogen-bond donors (Lipinski definition) is 1. The van der Waals surface area contributed by atoms with Gasteiger partial charge < -0.3 is 10.1 Å². The molecule has 0 spiro atoms. The van der Waals surface area contributed by atoms with Crippen LogP contribution in [0.5, 0.6) is 5.75 Å². The molecule has 10 heteroatoms. The average molecular weight is 521 g/mol. The molecule has 0 aliphatic carbocycles. The molecule has 36 heavy (non-hydrogen) atoms. The van der Waals surface area contributed by atoms with Gasteiger partial charge in [0.2, 0.25) is 5.91 Å². The van der Waals surface area contributed by atoms with Gasteiger partial charge in [-0.05, 0) is 47.9 Å². The summed E-state index contributed by atoms with van der Waals surface area (Å²) >= 11 is 0. The quantitative estimate of drug-likeness (QED) is 0.372. The molecule has 0 saturated carbocycles. The first-order chi connectivity index (χ1) is 17.0. The van der Waals surface area contributed by atoms with E-state index in [-0.39, 0.29) is 29.7 Å². The van der Waals surface area contributed by atoms with Crippen LogP contribution in [0.15, 0.2) is 83.8 Å². The third-order valence-corrected chi connectivity index (χ3v) is 7.09. The van der Waals surface area contributed by atoms with Crippen molar-refractivity contribution in [2.45, 2.75) is 30.8 Å². The minimum atomic E-state index is -4.68. The molecule has 0 aromatic heterocycles. The lowest BCUT2D eigenvalue weighted by atomic mass is 10.0. The Kier molecular flexibility index (Phi) is 8.62. The van der Waals surface area contributed by atoms with E-state index in [0.29, 0.717) is 16.1 Å². The normalized spacial score (nSPS) is 11.8. The van der Waals surface area contributed by atoms with Crippen LogP contribution >= 0.6 is 0 Å². The highest BCUT2D eigenvalue weighted by atomic mass is 32.2. The van der Waals surface area contributed by atoms with Crippen LogP contribution in [0.4, 0.5) is 18.9 Å². The second-order valence-electron chi connectivity index (χ2n) is 8.26. The summed E-state index contributed by atoms with van der Waals surface area (Å²) in [7, 11) is -4.33. The van der Waals surface area contributed by atoms with E-state index in [0.717, 1.165) is 17.7 Å². The van der Waals surface area contributed by atoms with Gasteiger partial charge in [-0.15, -0.1) is 0 Å². The van der Waals surface area contributed by atoms with Gasteiger partial charge in [0.25, 0.3) is 10.0 Å². The molecule has 3 rings (SSSR count). The lowest BCUT2D eigenvalue weighted by Gasteiger charge is -2.25. The summed E-state index contributed by atoms with van der Waals surface area (Å²) in [6.07, 6.45) is -4.68. The second kappa shape index (κ2) is 11.5. The van der Waals surface area contributed by atoms with Crippen molar-refractivity contribution in [3.63, 3.8) is 0 Å². The van der Waals surface area contributed by atoms with Crippen LogP contribution in [-0.4, -0.2) is 34.0 Å². The number of nitrogens with zero attached hydrogens (tertiary/aromatic N) is 1. The van der Waals surface area contributed by atoms with Crippen LogP contribution < -0.4 is 14.4 Å². The SMILES string of the molecule is CC(C)c1ccccc1OCCNC(=O)CN(c1cccc(C(F)(F)F)c1)S(=O)(=O)c1ccccc1. The number of rotatable bonds is 10. The van der Waals surface area contributed by atoms with Gasteiger partial charge >= 0.3 is 6.18 Å². The van der Waals surface area contributed by atoms with Crippen molar-refractivity contribution < 1.29 is 31.1 Å². The highest BCUT2D eigenvalue weighted by Gasteiger charge is 2.33. The zero-order valence-corrected chi connectivity index (χ0v) is 20.6. The number of halogens is 3. The van der Waals surface area contributed by atoms with E-state index in [4.69, 9.17) is 4.74 Å². The lowest BCUT2D eigenvalue weighted by molar-refractivity contribution is -0.137. The van der Waals surface area contributed by atoms with Crippen molar-refractivity contribution in [3.05, 3.63) is 90.0 Å². The van der Waals surface area contributed by atoms with Gasteiger partial charge in [-0.2, -0.15) is 13.2 Å². The van der Waals surface area contributed by atoms with Gasteiger partial charge in [-0.3, -0.25) is 9.10 Å². The number of carbonyl (C=O) groups is 1. The van der Waals surface area contributed by atoms with Crippen molar-refractivity contribution in [3.8, 4) is 5.75 Å². The minimum Gasteiger partial charge on any atom is -0.491 e. The first kappa shape index (κ1) is 27.1. The van der Waals surface area contributed by atoms with Gasteiger partial charge in [0.15, 0.2) is 0 Å². The summed E-state index contributed by atoms with van der Waals surface area (Å²) in [6.45, 7) is 3.55. The van der Waals surface area contributed by atoms with Gasteiger partial charge in [0.05, 0.1) is 22.7 Å². The number of alkyl halides is 3. The summed E-state index contributed by atoms with van der Waals surface area (Å²) in [5.74, 6) is 0.228. The number of carbonyl (C=O) groups excluding carboxylic acids is 1. The summed E-state index contributed by atoms with van der Waals surface area (Å²) in [5, 5.41) is 2.58. The van der Waals surface area contributed by atoms with Crippen molar-refractivity contribution in [2.75, 3.05) is 24.0 Å². The highest BCUT2D eigenvalue weighted by Crippen LogP contribution is 2.33. The standard InChI is InChI=1S/C26H27F3N2O4S/c1-19(2)23-13-6-7-14-24(23)35-16-15-30-25(32)18-31(36(33,34)22-11-4-3-5-12-22)21-10-8-9-20(17-21)26(27,28)29/h3-14,17,19H,15-16,18H2,1-2H3,(H,30,32). The molecular formula is C26H27F3N2O4S. The van der Waals surface area contributed by atoms with Gasteiger partial charge in [-0.25, -0.2) is 8.42 Å². The third-order valence-electron chi connectivity index (χ3n) is 5.30. The smallest absolute Gasteiger partial charge is 0.416 e. The fourth-order valence-corrected chi connectivity index (χ4v) is 4.93. The predicted octanol–water partition coefficient (Wildman–Crippen LogP) is 5.22. The molecule has 0 bridgehead atoms. The number of anilines is 1. The van der Waals surface area contributed by atoms with Crippen LogP contribution in [0.3, 0.4) is 0 Å². The van der Waals surface area contributed by atoms with Crippen LogP contribution in [-0.2, 0) is 21.0 Å². The van der Waals surface area contributed by atoms with E-state index in [9.17, 15) is 26.4 Å². The Morgan fingerprint density at radius 2 is 1.64 bits per heavy atom. The Hall–Kier alpha value is -3.53. The van der Waals surface area contributed by atoms with E-state index < -0.39 is 34.2 Å². The zero-order valence-electron chi connectivity index (χ0n) is 19.8. The van der Waals surface area contributed by atoms with E-state index >= 15 is 0 Å². The second-order valence-corrected chi connectivity index (χ2v) is 10.1. The van der Waals surface area contributed by atoms with Gasteiger partial charge in [0, 0.05) is 0 Å². The maximum atomic E-state index is 13.3. The highest BCUT2D eigenvalue weighted by molar-refractivity contribution is 7.92. The predicted molar refractivity (Wildman–Crippen MR) is 131 cm³/mol. The maximum Gasteiger partial charge on any atom is 0.416 e. The Bertz CT molecular complexity index is 1280. The molecule has 6 nitrogen and oxygen atoms in total. The van der Waals surface area contributed by atoms with Crippen LogP contribution in [0.2, 0.25) is 0 Å². The Morgan fingerprint density at radius 1 is 0.972 bits per heavy atom. The molecule has 0 aliphatic heterocycles. The minimum absolute atomic E-state index is 0.0765. The number of nitrogens with one attached hydrogen (secondary N) is 1. The molecule has 0 aliphatic rings. The van der Waals surface area contributed by atoms with Crippen LogP contribution in [0, 0.1) is 0 Å². The molecule has 0 radical (unpaired) electrons. The van der Waals surface area contributed by atoms with Crippen LogP contribution in [0.1, 0.15) is 30.9 Å². The fourth-order valence-electron chi connectivity index (χ4n) is 3.50. The number of amides is 1. The van der Waals surface area contributed by atoms with E-state index in [2.05, 4.69) is 5.32 Å². The molecule has 3 aromatic carbocycles. The van der Waals surface area contributed by atoms with Crippen molar-refractivity contribution >= 4 is 21.6 Å². The van der Waals surface area contributed by atoms with E-state index in [1.54, 1.807) is 6.07 Å². The summed E-state index contributed by atoms with van der Waals surface area (Å²) in [4.78, 5) is 12.5. The van der Waals surface area contributed by atoms with Crippen molar-refractivity contribution in [1.29, 1.82) is 0 Å². The number of hydrogen-bond acceptors (Lipinski definition) is 4. The Balaban J connectivity index is 1.76. The zero-order chi connectivity index (χ0) is 26.3. The number of para-hydroxylation sites is 1. The largest absolute Gasteiger partial charge is 0.491 e. The molecule has 0 unspecified atom stereocenters. The van der Waals surface area contributed by atoms with E-state index in [1.165, 1.54) is 30.3 Å². The third kappa shape index (κ3) is 6.78. The van der Waals surface area contributed by atoms with Crippen LogP contribution in [0.25, 0.3) is 0 Å². The first-order valence-corrected chi connectivity index (χ1v) is 12.7. The fraction of sp³-hybridized carbons (Fsp3) is 0.269. The van der Waals surface area contributed by atoms with E-state index in [1.807, 2.05) is 38.1 Å². The topological polar surface area (TPSA) is 75.7 Å². The molecule has 0 fully saturated rings. The molecule has 0 atom stereocenters. The van der Waals surface area contributed by atoms with Crippen molar-refractivity contribution in [2.24, 2.45) is 0 Å². The molecule has 0 heterocycles. The van der Waals surface area contributed by atoms with Gasteiger partial charge in [-0.1, -0.05) is 56.3 Å². The maximum absolute atomic E-state index is 13.3. The number of ether oxygens (including phenoxy) is 1. The Labute approximate surface area is 208 Å². The Morgan fingerprint density at radius 3 is 2.31 bits per heavy atom. The first-order valence-electron chi connectivity index (χ1n) is 11.2. The summed E-state index contributed by atoms with van der Waals surface area (Å²) in [6, 6.07) is 18.6. The molecular weight excluding hydrogens is 493 g/mol. The summed E-state index contributed by atoms with van der Waals surface area (Å²) in [5.41, 5.74) is -0.287. The molecule has 192 valence electrons. The molecule has 0 saturated heterocycles. The average Bonchev–Trinajstić information content (AvgIpc) is 2.85. The molecule has 3 aromatic rings.